The maximum atomic E-state index is 11.9. The van der Waals surface area contributed by atoms with Gasteiger partial charge in [0.15, 0.2) is 6.61 Å². The number of hydrogen-bond acceptors (Lipinski definition) is 4. The van der Waals surface area contributed by atoms with E-state index in [1.165, 1.54) is 0 Å². The number of rotatable bonds is 6. The average molecular weight is 287 g/mol. The van der Waals surface area contributed by atoms with Crippen LogP contribution >= 0.6 is 0 Å². The van der Waals surface area contributed by atoms with E-state index in [-0.39, 0.29) is 19.1 Å². The van der Waals surface area contributed by atoms with Crippen molar-refractivity contribution in [3.8, 4) is 11.5 Å². The minimum absolute atomic E-state index is 0.135. The van der Waals surface area contributed by atoms with E-state index in [1.807, 2.05) is 6.07 Å². The van der Waals surface area contributed by atoms with Crippen LogP contribution in [-0.2, 0) is 11.4 Å². The Bertz CT molecular complexity index is 613. The van der Waals surface area contributed by atoms with Crippen LogP contribution in [-0.4, -0.2) is 24.7 Å². The monoisotopic (exact) mass is 287 g/mol. The molecule has 5 nitrogen and oxygen atoms in total. The zero-order valence-electron chi connectivity index (χ0n) is 11.7. The van der Waals surface area contributed by atoms with Gasteiger partial charge < -0.3 is 19.9 Å². The molecule has 2 aromatic carbocycles. The first kappa shape index (κ1) is 14.9. The number of benzene rings is 2. The molecule has 21 heavy (non-hydrogen) atoms. The number of nitrogens with one attached hydrogen (secondary N) is 1. The third kappa shape index (κ3) is 3.97. The van der Waals surface area contributed by atoms with Gasteiger partial charge in [0.1, 0.15) is 11.5 Å². The van der Waals surface area contributed by atoms with Crippen LogP contribution in [0.3, 0.4) is 0 Å². The van der Waals surface area contributed by atoms with Crippen LogP contribution in [0.5, 0.6) is 11.5 Å². The summed E-state index contributed by atoms with van der Waals surface area (Å²) in [5.74, 6) is 0.782. The molecule has 2 rings (SSSR count). The molecule has 0 radical (unpaired) electrons. The Kier molecular flexibility index (Phi) is 5.17. The molecule has 0 spiro atoms. The molecule has 0 aliphatic carbocycles. The largest absolute Gasteiger partial charge is 0.495 e. The predicted molar refractivity (Wildman–Crippen MR) is 79.5 cm³/mol. The van der Waals surface area contributed by atoms with Crippen LogP contribution in [0.15, 0.2) is 48.5 Å². The van der Waals surface area contributed by atoms with Crippen molar-refractivity contribution in [2.24, 2.45) is 0 Å². The molecule has 0 fully saturated rings. The summed E-state index contributed by atoms with van der Waals surface area (Å²) in [5.41, 5.74) is 1.23. The van der Waals surface area contributed by atoms with Gasteiger partial charge in [0.05, 0.1) is 19.4 Å². The third-order valence-corrected chi connectivity index (χ3v) is 2.88. The lowest BCUT2D eigenvalue weighted by Gasteiger charge is -2.12. The van der Waals surface area contributed by atoms with E-state index in [0.717, 1.165) is 0 Å². The van der Waals surface area contributed by atoms with Crippen molar-refractivity contribution in [3.63, 3.8) is 0 Å². The van der Waals surface area contributed by atoms with Crippen LogP contribution < -0.4 is 14.8 Å². The number of carbonyl (C=O) groups is 1. The first-order valence-corrected chi connectivity index (χ1v) is 6.49. The van der Waals surface area contributed by atoms with Crippen molar-refractivity contribution in [2.75, 3.05) is 19.0 Å². The number of aliphatic hydroxyl groups excluding tert-OH is 1. The van der Waals surface area contributed by atoms with Crippen LogP contribution in [0.4, 0.5) is 5.69 Å². The number of ether oxygens (including phenoxy) is 2. The number of methoxy groups -OCH3 is 1. The second-order valence-corrected chi connectivity index (χ2v) is 4.30. The van der Waals surface area contributed by atoms with Gasteiger partial charge in [-0.05, 0) is 18.2 Å². The van der Waals surface area contributed by atoms with Crippen molar-refractivity contribution in [1.29, 1.82) is 0 Å². The number of anilines is 1. The SMILES string of the molecule is COc1ccccc1NC(=O)COc1ccccc1CO. The van der Waals surface area contributed by atoms with Gasteiger partial charge in [0.25, 0.3) is 5.91 Å². The molecule has 0 bridgehead atoms. The predicted octanol–water partition coefficient (Wildman–Crippen LogP) is 2.21. The molecule has 2 aromatic rings. The number of hydrogen-bond donors (Lipinski definition) is 2. The first-order chi connectivity index (χ1) is 10.2. The Morgan fingerprint density at radius 1 is 1.10 bits per heavy atom. The van der Waals surface area contributed by atoms with Gasteiger partial charge in [-0.1, -0.05) is 30.3 Å². The highest BCUT2D eigenvalue weighted by Crippen LogP contribution is 2.23. The number of para-hydroxylation sites is 3. The van der Waals surface area contributed by atoms with Gasteiger partial charge in [-0.3, -0.25) is 4.79 Å². The molecule has 5 heteroatoms. The third-order valence-electron chi connectivity index (χ3n) is 2.88. The summed E-state index contributed by atoms with van der Waals surface area (Å²) in [7, 11) is 1.54. The van der Waals surface area contributed by atoms with E-state index in [0.29, 0.717) is 22.7 Å². The van der Waals surface area contributed by atoms with E-state index >= 15 is 0 Å². The van der Waals surface area contributed by atoms with Crippen molar-refractivity contribution in [3.05, 3.63) is 54.1 Å². The van der Waals surface area contributed by atoms with E-state index in [4.69, 9.17) is 9.47 Å². The standard InChI is InChI=1S/C16H17NO4/c1-20-15-9-5-3-7-13(15)17-16(19)11-21-14-8-4-2-6-12(14)10-18/h2-9,18H,10-11H2,1H3,(H,17,19). The lowest BCUT2D eigenvalue weighted by Crippen LogP contribution is -2.20. The molecule has 0 unspecified atom stereocenters. The molecular weight excluding hydrogens is 270 g/mol. The maximum Gasteiger partial charge on any atom is 0.262 e. The zero-order valence-corrected chi connectivity index (χ0v) is 11.7. The fraction of sp³-hybridized carbons (Fsp3) is 0.188. The quantitative estimate of drug-likeness (QED) is 0.854. The van der Waals surface area contributed by atoms with E-state index in [9.17, 15) is 9.90 Å². The summed E-state index contributed by atoms with van der Waals surface area (Å²) in [6, 6.07) is 14.2. The van der Waals surface area contributed by atoms with Crippen LogP contribution in [0.2, 0.25) is 0 Å². The van der Waals surface area contributed by atoms with Crippen LogP contribution in [0.1, 0.15) is 5.56 Å². The normalized spacial score (nSPS) is 10.0. The topological polar surface area (TPSA) is 67.8 Å². The fourth-order valence-corrected chi connectivity index (χ4v) is 1.85. The van der Waals surface area contributed by atoms with Crippen LogP contribution in [0.25, 0.3) is 0 Å². The minimum Gasteiger partial charge on any atom is -0.495 e. The lowest BCUT2D eigenvalue weighted by molar-refractivity contribution is -0.118. The number of carbonyl (C=O) groups excluding carboxylic acids is 1. The summed E-state index contributed by atoms with van der Waals surface area (Å²) in [6.45, 7) is -0.278. The highest BCUT2D eigenvalue weighted by Gasteiger charge is 2.09. The molecule has 1 amide bonds. The Balaban J connectivity index is 1.96. The average Bonchev–Trinajstić information content (AvgIpc) is 2.53. The molecule has 2 N–H and O–H groups in total. The van der Waals surface area contributed by atoms with Crippen molar-refractivity contribution >= 4 is 11.6 Å². The highest BCUT2D eigenvalue weighted by molar-refractivity contribution is 5.93. The molecule has 0 aromatic heterocycles. The molecule has 110 valence electrons. The van der Waals surface area contributed by atoms with E-state index in [2.05, 4.69) is 5.32 Å². The Morgan fingerprint density at radius 2 is 1.76 bits per heavy atom. The fourth-order valence-electron chi connectivity index (χ4n) is 1.85. The number of amides is 1. The summed E-state index contributed by atoms with van der Waals surface area (Å²) < 4.78 is 10.6. The van der Waals surface area contributed by atoms with E-state index in [1.54, 1.807) is 49.6 Å². The first-order valence-electron chi connectivity index (χ1n) is 6.49. The summed E-state index contributed by atoms with van der Waals surface area (Å²) in [5, 5.41) is 11.9. The van der Waals surface area contributed by atoms with Crippen LogP contribution in [0, 0.1) is 0 Å². The van der Waals surface area contributed by atoms with Gasteiger partial charge in [-0.15, -0.1) is 0 Å². The van der Waals surface area contributed by atoms with E-state index < -0.39 is 0 Å². The summed E-state index contributed by atoms with van der Waals surface area (Å²) >= 11 is 0. The summed E-state index contributed by atoms with van der Waals surface area (Å²) in [4.78, 5) is 11.9. The Hall–Kier alpha value is -2.53. The molecule has 0 aliphatic heterocycles. The Morgan fingerprint density at radius 3 is 2.48 bits per heavy atom. The number of aliphatic hydroxyl groups is 1. The van der Waals surface area contributed by atoms with Gasteiger partial charge in [0.2, 0.25) is 0 Å². The molecule has 0 heterocycles. The second-order valence-electron chi connectivity index (χ2n) is 4.30. The second kappa shape index (κ2) is 7.31. The minimum atomic E-state index is -0.299. The van der Waals surface area contributed by atoms with Gasteiger partial charge in [-0.2, -0.15) is 0 Å². The molecule has 0 aliphatic rings. The lowest BCUT2D eigenvalue weighted by atomic mass is 10.2. The van der Waals surface area contributed by atoms with Gasteiger partial charge >= 0.3 is 0 Å². The smallest absolute Gasteiger partial charge is 0.262 e. The molecular formula is C16H17NO4. The van der Waals surface area contributed by atoms with Gasteiger partial charge in [0, 0.05) is 5.56 Å². The van der Waals surface area contributed by atoms with Crippen molar-refractivity contribution in [1.82, 2.24) is 0 Å². The van der Waals surface area contributed by atoms with Crippen molar-refractivity contribution in [2.45, 2.75) is 6.61 Å². The van der Waals surface area contributed by atoms with Gasteiger partial charge in [-0.25, -0.2) is 0 Å². The van der Waals surface area contributed by atoms with Crippen molar-refractivity contribution < 1.29 is 19.4 Å². The molecule has 0 saturated heterocycles. The maximum absolute atomic E-state index is 11.9. The molecule has 0 atom stereocenters. The highest BCUT2D eigenvalue weighted by atomic mass is 16.5. The molecule has 0 saturated carbocycles. The summed E-state index contributed by atoms with van der Waals surface area (Å²) in [6.07, 6.45) is 0. The zero-order chi connectivity index (χ0) is 15.1. The Labute approximate surface area is 123 Å².